The zero-order chi connectivity index (χ0) is 22.3. The molecule has 0 aliphatic heterocycles. The van der Waals surface area contributed by atoms with Crippen molar-refractivity contribution in [1.82, 2.24) is 25.2 Å². The van der Waals surface area contributed by atoms with Gasteiger partial charge in [-0.3, -0.25) is 14.3 Å². The second kappa shape index (κ2) is 10.2. The Kier molecular flexibility index (Phi) is 6.88. The topological polar surface area (TPSA) is 85.1 Å². The van der Waals surface area contributed by atoms with Crippen LogP contribution in [0.2, 0.25) is 5.02 Å². The fraction of sp³-hybridized carbons (Fsp3) is 0.0455. The summed E-state index contributed by atoms with van der Waals surface area (Å²) in [5, 5.41) is 13.5. The molecular weight excluding hydrogens is 451 g/mol. The number of nitrogens with one attached hydrogen (secondary N) is 1. The fourth-order valence-electron chi connectivity index (χ4n) is 2.79. The Hall–Kier alpha value is -3.56. The molecule has 10 heteroatoms. The fourth-order valence-corrected chi connectivity index (χ4v) is 3.66. The minimum absolute atomic E-state index is 0.0384. The van der Waals surface area contributed by atoms with Gasteiger partial charge in [0.2, 0.25) is 0 Å². The van der Waals surface area contributed by atoms with Gasteiger partial charge in [-0.05, 0) is 42.5 Å². The van der Waals surface area contributed by atoms with Crippen LogP contribution in [-0.4, -0.2) is 37.6 Å². The van der Waals surface area contributed by atoms with Crippen LogP contribution >= 0.6 is 23.4 Å². The number of halogens is 2. The van der Waals surface area contributed by atoms with Crippen LogP contribution in [0.1, 0.15) is 5.56 Å². The van der Waals surface area contributed by atoms with E-state index in [0.717, 1.165) is 11.3 Å². The van der Waals surface area contributed by atoms with Crippen LogP contribution in [0.15, 0.2) is 83.3 Å². The van der Waals surface area contributed by atoms with Gasteiger partial charge >= 0.3 is 0 Å². The van der Waals surface area contributed by atoms with Crippen molar-refractivity contribution in [3.05, 3.63) is 89.5 Å². The molecule has 7 nitrogen and oxygen atoms in total. The van der Waals surface area contributed by atoms with Crippen LogP contribution in [0.25, 0.3) is 17.1 Å². The molecule has 0 atom stereocenters. The number of rotatable bonds is 7. The Morgan fingerprint density at radius 1 is 1.09 bits per heavy atom. The van der Waals surface area contributed by atoms with E-state index >= 15 is 0 Å². The maximum absolute atomic E-state index is 13.6. The number of hydrazone groups is 1. The summed E-state index contributed by atoms with van der Waals surface area (Å²) < 4.78 is 15.5. The highest BCUT2D eigenvalue weighted by Crippen LogP contribution is 2.28. The van der Waals surface area contributed by atoms with Crippen LogP contribution < -0.4 is 5.43 Å². The van der Waals surface area contributed by atoms with Crippen molar-refractivity contribution in [2.45, 2.75) is 5.16 Å². The summed E-state index contributed by atoms with van der Waals surface area (Å²) in [6.07, 6.45) is 4.60. The zero-order valence-electron chi connectivity index (χ0n) is 16.5. The van der Waals surface area contributed by atoms with Crippen molar-refractivity contribution < 1.29 is 9.18 Å². The lowest BCUT2D eigenvalue weighted by atomic mass is 10.2. The van der Waals surface area contributed by atoms with Gasteiger partial charge in [-0.2, -0.15) is 5.10 Å². The molecular formula is C22H16ClFN6OS. The first-order valence-corrected chi connectivity index (χ1v) is 10.8. The quantitative estimate of drug-likeness (QED) is 0.248. The summed E-state index contributed by atoms with van der Waals surface area (Å²) in [7, 11) is 0. The van der Waals surface area contributed by atoms with Gasteiger partial charge in [-0.25, -0.2) is 9.82 Å². The standard InChI is InChI=1S/C22H16ClFN6OS/c23-17-5-7-18(8-6-17)30-21(15-9-11-25-12-10-15)28-29-22(30)32-14-20(31)27-26-13-16-3-1-2-4-19(16)24/h1-13H,14H2,(H,27,31). The SMILES string of the molecule is O=C(CSc1nnc(-c2ccncc2)n1-c1ccc(Cl)cc1)NN=Cc1ccccc1F. The summed E-state index contributed by atoms with van der Waals surface area (Å²) in [5.74, 6) is -0.134. The average Bonchev–Trinajstić information content (AvgIpc) is 3.24. The van der Waals surface area contributed by atoms with Gasteiger partial charge in [0.05, 0.1) is 12.0 Å². The predicted molar refractivity (Wildman–Crippen MR) is 122 cm³/mol. The lowest BCUT2D eigenvalue weighted by Gasteiger charge is -2.10. The molecule has 1 N–H and O–H groups in total. The minimum atomic E-state index is -0.417. The molecule has 0 spiro atoms. The number of benzene rings is 2. The summed E-state index contributed by atoms with van der Waals surface area (Å²) in [6.45, 7) is 0. The largest absolute Gasteiger partial charge is 0.272 e. The molecule has 32 heavy (non-hydrogen) atoms. The van der Waals surface area contributed by atoms with E-state index < -0.39 is 5.82 Å². The zero-order valence-corrected chi connectivity index (χ0v) is 18.1. The number of thioether (sulfide) groups is 1. The number of nitrogens with zero attached hydrogens (tertiary/aromatic N) is 5. The molecule has 1 amide bonds. The van der Waals surface area contributed by atoms with Gasteiger partial charge in [-0.1, -0.05) is 41.6 Å². The number of aromatic nitrogens is 4. The van der Waals surface area contributed by atoms with E-state index in [2.05, 4.69) is 25.7 Å². The number of hydrogen-bond donors (Lipinski definition) is 1. The highest BCUT2D eigenvalue weighted by atomic mass is 35.5. The molecule has 2 aromatic carbocycles. The Bertz CT molecular complexity index is 1250. The van der Waals surface area contributed by atoms with Crippen molar-refractivity contribution in [2.24, 2.45) is 5.10 Å². The molecule has 2 heterocycles. The van der Waals surface area contributed by atoms with Gasteiger partial charge < -0.3 is 0 Å². The lowest BCUT2D eigenvalue weighted by molar-refractivity contribution is -0.118. The molecule has 4 aromatic rings. The molecule has 0 bridgehead atoms. The van der Waals surface area contributed by atoms with E-state index in [-0.39, 0.29) is 17.2 Å². The number of pyridine rings is 1. The molecule has 160 valence electrons. The summed E-state index contributed by atoms with van der Waals surface area (Å²) in [5.41, 5.74) is 4.30. The molecule has 0 unspecified atom stereocenters. The number of amides is 1. The van der Waals surface area contributed by atoms with Crippen molar-refractivity contribution >= 4 is 35.5 Å². The summed E-state index contributed by atoms with van der Waals surface area (Å²) >= 11 is 7.23. The Balaban J connectivity index is 1.51. The van der Waals surface area contributed by atoms with Gasteiger partial charge in [0, 0.05) is 34.2 Å². The van der Waals surface area contributed by atoms with E-state index in [0.29, 0.717) is 16.0 Å². The van der Waals surface area contributed by atoms with Gasteiger partial charge in [0.15, 0.2) is 11.0 Å². The molecule has 4 rings (SSSR count). The summed E-state index contributed by atoms with van der Waals surface area (Å²) in [6, 6.07) is 17.0. The Morgan fingerprint density at radius 3 is 2.59 bits per heavy atom. The molecule has 2 aromatic heterocycles. The lowest BCUT2D eigenvalue weighted by Crippen LogP contribution is -2.20. The van der Waals surface area contributed by atoms with Crippen LogP contribution in [-0.2, 0) is 4.79 Å². The molecule has 0 saturated carbocycles. The number of hydrogen-bond acceptors (Lipinski definition) is 6. The predicted octanol–water partition coefficient (Wildman–Crippen LogP) is 4.36. The van der Waals surface area contributed by atoms with Crippen LogP contribution in [0.5, 0.6) is 0 Å². The van der Waals surface area contributed by atoms with E-state index in [1.165, 1.54) is 24.0 Å². The van der Waals surface area contributed by atoms with Crippen molar-refractivity contribution in [1.29, 1.82) is 0 Å². The molecule has 0 radical (unpaired) electrons. The third-order valence-electron chi connectivity index (χ3n) is 4.29. The molecule has 0 aliphatic carbocycles. The first-order valence-electron chi connectivity index (χ1n) is 9.43. The van der Waals surface area contributed by atoms with Crippen molar-refractivity contribution in [3.63, 3.8) is 0 Å². The Morgan fingerprint density at radius 2 is 1.84 bits per heavy atom. The van der Waals surface area contributed by atoms with E-state index in [4.69, 9.17) is 11.6 Å². The van der Waals surface area contributed by atoms with E-state index in [9.17, 15) is 9.18 Å². The van der Waals surface area contributed by atoms with Gasteiger partial charge in [0.25, 0.3) is 5.91 Å². The molecule has 0 aliphatic rings. The maximum Gasteiger partial charge on any atom is 0.250 e. The average molecular weight is 467 g/mol. The first-order chi connectivity index (χ1) is 15.6. The number of carbonyl (C=O) groups excluding carboxylic acids is 1. The highest BCUT2D eigenvalue weighted by molar-refractivity contribution is 7.99. The second-order valence-corrected chi connectivity index (χ2v) is 7.84. The van der Waals surface area contributed by atoms with Crippen LogP contribution in [0, 0.1) is 5.82 Å². The molecule has 0 saturated heterocycles. The third-order valence-corrected chi connectivity index (χ3v) is 5.47. The Labute approximate surface area is 192 Å². The normalized spacial score (nSPS) is 11.1. The number of carbonyl (C=O) groups is 1. The van der Waals surface area contributed by atoms with Gasteiger partial charge in [0.1, 0.15) is 5.82 Å². The van der Waals surface area contributed by atoms with Crippen LogP contribution in [0.3, 0.4) is 0 Å². The maximum atomic E-state index is 13.6. The van der Waals surface area contributed by atoms with E-state index in [1.54, 1.807) is 42.7 Å². The smallest absolute Gasteiger partial charge is 0.250 e. The van der Waals surface area contributed by atoms with Crippen molar-refractivity contribution in [3.8, 4) is 17.1 Å². The van der Waals surface area contributed by atoms with Crippen LogP contribution in [0.4, 0.5) is 4.39 Å². The first kappa shape index (κ1) is 21.7. The third kappa shape index (κ3) is 5.19. The van der Waals surface area contributed by atoms with Gasteiger partial charge in [-0.15, -0.1) is 10.2 Å². The van der Waals surface area contributed by atoms with E-state index in [1.807, 2.05) is 28.8 Å². The minimum Gasteiger partial charge on any atom is -0.272 e. The summed E-state index contributed by atoms with van der Waals surface area (Å²) in [4.78, 5) is 16.3. The molecule has 0 fully saturated rings. The monoisotopic (exact) mass is 466 g/mol. The van der Waals surface area contributed by atoms with Crippen molar-refractivity contribution in [2.75, 3.05) is 5.75 Å². The highest BCUT2D eigenvalue weighted by Gasteiger charge is 2.17. The second-order valence-electron chi connectivity index (χ2n) is 6.46.